The predicted octanol–water partition coefficient (Wildman–Crippen LogP) is 3.37. The van der Waals surface area contributed by atoms with Crippen LogP contribution in [-0.4, -0.2) is 37.2 Å². The van der Waals surface area contributed by atoms with Crippen LogP contribution in [0.1, 0.15) is 22.8 Å². The predicted molar refractivity (Wildman–Crippen MR) is 111 cm³/mol. The highest BCUT2D eigenvalue weighted by Gasteiger charge is 2.33. The largest absolute Gasteiger partial charge is 0.481 e. The van der Waals surface area contributed by atoms with Crippen LogP contribution in [-0.2, 0) is 9.59 Å². The summed E-state index contributed by atoms with van der Waals surface area (Å²) < 4.78 is 0.266. The van der Waals surface area contributed by atoms with Crippen LogP contribution in [0, 0.1) is 0 Å². The van der Waals surface area contributed by atoms with Gasteiger partial charge >= 0.3 is 0 Å². The zero-order valence-electron chi connectivity index (χ0n) is 14.5. The van der Waals surface area contributed by atoms with Crippen molar-refractivity contribution in [1.29, 1.82) is 0 Å². The second-order valence-corrected chi connectivity index (χ2v) is 7.38. The molecular weight excluding hydrogens is 422 g/mol. The first kappa shape index (κ1) is 21.5. The topological polar surface area (TPSA) is 99.6 Å². The van der Waals surface area contributed by atoms with E-state index in [1.165, 1.54) is 12.4 Å². The van der Waals surface area contributed by atoms with Crippen molar-refractivity contribution in [3.8, 4) is 0 Å². The Morgan fingerprint density at radius 3 is 2.36 bits per heavy atom. The number of hydrazine groups is 1. The molecule has 0 aliphatic carbocycles. The highest BCUT2D eigenvalue weighted by molar-refractivity contribution is 8.26. The molecule has 7 nitrogen and oxygen atoms in total. The van der Waals surface area contributed by atoms with E-state index in [9.17, 15) is 9.59 Å². The molecule has 0 atom stereocenters. The molecule has 1 aromatic heterocycles. The number of rotatable bonds is 3. The summed E-state index contributed by atoms with van der Waals surface area (Å²) in [6, 6.07) is 10.2. The van der Waals surface area contributed by atoms with Crippen molar-refractivity contribution in [3.05, 3.63) is 69.8 Å². The molecule has 0 radical (unpaired) electrons. The fourth-order valence-corrected chi connectivity index (χ4v) is 3.25. The SMILES string of the molecule is CC(=O)O.O=C(NN1C(=O)/C(=C\c2ccc(Cl)cc2)SC1=S)c1ccncc1. The van der Waals surface area contributed by atoms with Gasteiger partial charge in [0.25, 0.3) is 17.8 Å². The van der Waals surface area contributed by atoms with Gasteiger partial charge in [0.15, 0.2) is 4.32 Å². The summed E-state index contributed by atoms with van der Waals surface area (Å²) >= 11 is 12.2. The van der Waals surface area contributed by atoms with Gasteiger partial charge in [0.1, 0.15) is 0 Å². The van der Waals surface area contributed by atoms with Crippen LogP contribution in [0.15, 0.2) is 53.7 Å². The third kappa shape index (κ3) is 6.15. The minimum atomic E-state index is -0.833. The summed E-state index contributed by atoms with van der Waals surface area (Å²) in [7, 11) is 0. The molecule has 0 saturated carbocycles. The highest BCUT2D eigenvalue weighted by Crippen LogP contribution is 2.31. The maximum atomic E-state index is 12.5. The Balaban J connectivity index is 0.000000640. The first-order valence-corrected chi connectivity index (χ1v) is 9.32. The summed E-state index contributed by atoms with van der Waals surface area (Å²) in [5, 5.41) is 9.11. The number of thiocarbonyl (C=S) groups is 1. The maximum absolute atomic E-state index is 12.5. The van der Waals surface area contributed by atoms with E-state index in [-0.39, 0.29) is 10.2 Å². The van der Waals surface area contributed by atoms with Gasteiger partial charge < -0.3 is 5.11 Å². The number of aliphatic carboxylic acids is 1. The van der Waals surface area contributed by atoms with E-state index in [4.69, 9.17) is 33.7 Å². The Hall–Kier alpha value is -2.75. The first-order chi connectivity index (χ1) is 13.3. The fraction of sp³-hybridized carbons (Fsp3) is 0.0556. The second kappa shape index (κ2) is 9.98. The fourth-order valence-electron chi connectivity index (χ4n) is 1.94. The Morgan fingerprint density at radius 2 is 1.79 bits per heavy atom. The Morgan fingerprint density at radius 1 is 1.21 bits per heavy atom. The normalized spacial score (nSPS) is 14.5. The van der Waals surface area contributed by atoms with Gasteiger partial charge in [-0.15, -0.1) is 0 Å². The lowest BCUT2D eigenvalue weighted by Crippen LogP contribution is -2.44. The lowest BCUT2D eigenvalue weighted by atomic mass is 10.2. The third-order valence-corrected chi connectivity index (χ3v) is 4.67. The molecule has 0 bridgehead atoms. The van der Waals surface area contributed by atoms with Crippen LogP contribution >= 0.6 is 35.6 Å². The molecule has 3 rings (SSSR count). The summed E-state index contributed by atoms with van der Waals surface area (Å²) in [4.78, 5) is 37.9. The summed E-state index contributed by atoms with van der Waals surface area (Å²) in [5.74, 6) is -1.64. The molecule has 2 aromatic rings. The minimum Gasteiger partial charge on any atom is -0.481 e. The quantitative estimate of drug-likeness (QED) is 0.563. The number of amides is 2. The molecular formula is C18H14ClN3O4S2. The maximum Gasteiger partial charge on any atom is 0.300 e. The Labute approximate surface area is 175 Å². The molecule has 144 valence electrons. The van der Waals surface area contributed by atoms with Gasteiger partial charge in [-0.2, -0.15) is 5.01 Å². The zero-order chi connectivity index (χ0) is 20.7. The van der Waals surface area contributed by atoms with Crippen molar-refractivity contribution in [2.75, 3.05) is 0 Å². The standard InChI is InChI=1S/C16H10ClN3O2S2.C2H4O2/c17-12-3-1-10(2-4-12)9-13-15(22)20(16(23)24-13)19-14(21)11-5-7-18-8-6-11;1-2(3)4/h1-9H,(H,19,21);1H3,(H,3,4)/b13-9+;. The number of halogens is 1. The van der Waals surface area contributed by atoms with Gasteiger partial charge in [0.05, 0.1) is 4.91 Å². The van der Waals surface area contributed by atoms with E-state index in [1.54, 1.807) is 42.5 Å². The van der Waals surface area contributed by atoms with E-state index in [1.807, 2.05) is 0 Å². The van der Waals surface area contributed by atoms with Gasteiger partial charge in [-0.3, -0.25) is 24.8 Å². The van der Waals surface area contributed by atoms with Crippen molar-refractivity contribution in [3.63, 3.8) is 0 Å². The number of nitrogens with zero attached hydrogens (tertiary/aromatic N) is 2. The molecule has 2 heterocycles. The smallest absolute Gasteiger partial charge is 0.300 e. The first-order valence-electron chi connectivity index (χ1n) is 7.72. The molecule has 0 unspecified atom stereocenters. The molecule has 2 amide bonds. The Kier molecular flexibility index (Phi) is 7.68. The van der Waals surface area contributed by atoms with Crippen LogP contribution in [0.5, 0.6) is 0 Å². The second-order valence-electron chi connectivity index (χ2n) is 5.26. The van der Waals surface area contributed by atoms with Crippen LogP contribution < -0.4 is 5.43 Å². The number of pyridine rings is 1. The van der Waals surface area contributed by atoms with E-state index < -0.39 is 11.9 Å². The lowest BCUT2D eigenvalue weighted by molar-refractivity contribution is -0.134. The van der Waals surface area contributed by atoms with E-state index in [2.05, 4.69) is 10.4 Å². The molecule has 10 heteroatoms. The number of carboxylic acids is 1. The van der Waals surface area contributed by atoms with Crippen molar-refractivity contribution in [2.24, 2.45) is 0 Å². The number of carbonyl (C=O) groups is 3. The van der Waals surface area contributed by atoms with Crippen molar-refractivity contribution < 1.29 is 19.5 Å². The van der Waals surface area contributed by atoms with Crippen molar-refractivity contribution in [1.82, 2.24) is 15.4 Å². The summed E-state index contributed by atoms with van der Waals surface area (Å²) in [6.07, 6.45) is 4.70. The molecule has 28 heavy (non-hydrogen) atoms. The molecule has 0 spiro atoms. The molecule has 1 fully saturated rings. The molecule has 1 aromatic carbocycles. The van der Waals surface area contributed by atoms with Gasteiger partial charge in [-0.05, 0) is 48.1 Å². The van der Waals surface area contributed by atoms with Gasteiger partial charge in [-0.25, -0.2) is 0 Å². The monoisotopic (exact) mass is 435 g/mol. The van der Waals surface area contributed by atoms with Crippen LogP contribution in [0.2, 0.25) is 5.02 Å². The van der Waals surface area contributed by atoms with Crippen LogP contribution in [0.4, 0.5) is 0 Å². The number of nitrogens with one attached hydrogen (secondary N) is 1. The molecule has 1 aliphatic rings. The number of carbonyl (C=O) groups excluding carboxylic acids is 2. The van der Waals surface area contributed by atoms with Crippen LogP contribution in [0.25, 0.3) is 6.08 Å². The number of thioether (sulfide) groups is 1. The molecule has 1 saturated heterocycles. The summed E-state index contributed by atoms with van der Waals surface area (Å²) in [6.45, 7) is 1.08. The minimum absolute atomic E-state index is 0.266. The number of hydrogen-bond acceptors (Lipinski definition) is 6. The summed E-state index contributed by atoms with van der Waals surface area (Å²) in [5.41, 5.74) is 3.72. The van der Waals surface area contributed by atoms with Crippen LogP contribution in [0.3, 0.4) is 0 Å². The molecule has 1 aliphatic heterocycles. The highest BCUT2D eigenvalue weighted by atomic mass is 35.5. The number of aromatic nitrogens is 1. The van der Waals surface area contributed by atoms with E-state index >= 15 is 0 Å². The Bertz CT molecular complexity index is 930. The number of hydrogen-bond donors (Lipinski definition) is 2. The van der Waals surface area contributed by atoms with Gasteiger partial charge in [0, 0.05) is 29.9 Å². The lowest BCUT2D eigenvalue weighted by Gasteiger charge is -2.15. The average molecular weight is 436 g/mol. The number of carboxylic acid groups (broad SMARTS) is 1. The third-order valence-electron chi connectivity index (χ3n) is 3.12. The number of benzene rings is 1. The zero-order valence-corrected chi connectivity index (χ0v) is 16.8. The van der Waals surface area contributed by atoms with Crippen molar-refractivity contribution >= 4 is 63.8 Å². The van der Waals surface area contributed by atoms with Gasteiger partial charge in [-0.1, -0.05) is 35.5 Å². The van der Waals surface area contributed by atoms with E-state index in [0.717, 1.165) is 29.3 Å². The average Bonchev–Trinajstić information content (AvgIpc) is 2.91. The van der Waals surface area contributed by atoms with E-state index in [0.29, 0.717) is 15.5 Å². The van der Waals surface area contributed by atoms with Crippen molar-refractivity contribution in [2.45, 2.75) is 6.92 Å². The molecule has 2 N–H and O–H groups in total. The van der Waals surface area contributed by atoms with Gasteiger partial charge in [0.2, 0.25) is 0 Å².